The lowest BCUT2D eigenvalue weighted by Crippen LogP contribution is -2.26. The normalized spacial score (nSPS) is 12.9. The Morgan fingerprint density at radius 1 is 0.913 bits per heavy atom. The monoisotopic (exact) mass is 312 g/mol. The molecule has 0 spiro atoms. The van der Waals surface area contributed by atoms with Crippen LogP contribution in [0.15, 0.2) is 48.5 Å². The van der Waals surface area contributed by atoms with Crippen molar-refractivity contribution < 1.29 is 9.84 Å². The molecule has 1 unspecified atom stereocenters. The van der Waals surface area contributed by atoms with E-state index in [9.17, 15) is 5.11 Å². The summed E-state index contributed by atoms with van der Waals surface area (Å²) in [5.74, 6) is 0.880. The highest BCUT2D eigenvalue weighted by Gasteiger charge is 2.21. The second kappa shape index (κ2) is 7.65. The van der Waals surface area contributed by atoms with Crippen LogP contribution in [-0.4, -0.2) is 11.2 Å². The Kier molecular flexibility index (Phi) is 5.84. The Balaban J connectivity index is 1.83. The zero-order valence-corrected chi connectivity index (χ0v) is 14.7. The average Bonchev–Trinajstić information content (AvgIpc) is 2.52. The first kappa shape index (κ1) is 17.6. The molecule has 2 nitrogen and oxygen atoms in total. The molecular weight excluding hydrogens is 284 g/mol. The van der Waals surface area contributed by atoms with Crippen molar-refractivity contribution in [2.45, 2.75) is 53.2 Å². The van der Waals surface area contributed by atoms with E-state index in [2.05, 4.69) is 64.1 Å². The van der Waals surface area contributed by atoms with E-state index in [1.54, 1.807) is 0 Å². The van der Waals surface area contributed by atoms with Gasteiger partial charge in [0, 0.05) is 0 Å². The van der Waals surface area contributed by atoms with Crippen molar-refractivity contribution >= 4 is 0 Å². The van der Waals surface area contributed by atoms with E-state index in [1.165, 1.54) is 16.7 Å². The van der Waals surface area contributed by atoms with Crippen molar-refractivity contribution in [3.63, 3.8) is 0 Å². The minimum atomic E-state index is -0.278. The summed E-state index contributed by atoms with van der Waals surface area (Å²) in [6.07, 6.45) is 1.39. The van der Waals surface area contributed by atoms with Crippen LogP contribution in [0, 0.1) is 12.3 Å². The van der Waals surface area contributed by atoms with Gasteiger partial charge in [-0.1, -0.05) is 62.7 Å². The van der Waals surface area contributed by atoms with Crippen LogP contribution in [0.25, 0.3) is 0 Å². The first-order chi connectivity index (χ1) is 10.8. The molecule has 0 heterocycles. The van der Waals surface area contributed by atoms with Crippen LogP contribution >= 0.6 is 0 Å². The Bertz CT molecular complexity index is 591. The number of aryl methyl sites for hydroxylation is 2. The van der Waals surface area contributed by atoms with Gasteiger partial charge in [0.1, 0.15) is 12.4 Å². The average molecular weight is 312 g/mol. The molecule has 0 aliphatic heterocycles. The molecule has 0 aliphatic carbocycles. The zero-order chi connectivity index (χ0) is 16.9. The van der Waals surface area contributed by atoms with Gasteiger partial charge in [-0.2, -0.15) is 0 Å². The van der Waals surface area contributed by atoms with Gasteiger partial charge in [0.2, 0.25) is 0 Å². The largest absolute Gasteiger partial charge is 0.489 e. The number of hydrogen-bond donors (Lipinski definition) is 1. The molecular formula is C21H28O2. The van der Waals surface area contributed by atoms with Crippen LogP contribution in [0.3, 0.4) is 0 Å². The van der Waals surface area contributed by atoms with Crippen molar-refractivity contribution in [3.8, 4) is 5.75 Å². The molecule has 124 valence electrons. The van der Waals surface area contributed by atoms with Crippen molar-refractivity contribution in [1.82, 2.24) is 0 Å². The first-order valence-electron chi connectivity index (χ1n) is 8.30. The van der Waals surface area contributed by atoms with Gasteiger partial charge in [-0.3, -0.25) is 0 Å². The summed E-state index contributed by atoms with van der Waals surface area (Å²) in [6.45, 7) is 8.88. The fourth-order valence-electron chi connectivity index (χ4n) is 2.34. The molecule has 2 aromatic carbocycles. The SMILES string of the molecule is Cc1ccc(COc2ccc(CCC(O)C(C)(C)C)cc2)cc1. The first-order valence-corrected chi connectivity index (χ1v) is 8.30. The second-order valence-corrected chi connectivity index (χ2v) is 7.34. The predicted octanol–water partition coefficient (Wildman–Crippen LogP) is 4.91. The maximum absolute atomic E-state index is 10.1. The van der Waals surface area contributed by atoms with Crippen molar-refractivity contribution in [2.24, 2.45) is 5.41 Å². The van der Waals surface area contributed by atoms with Crippen LogP contribution in [0.5, 0.6) is 5.75 Å². The third-order valence-corrected chi connectivity index (χ3v) is 4.16. The van der Waals surface area contributed by atoms with Gasteiger partial charge in [-0.15, -0.1) is 0 Å². The molecule has 0 saturated carbocycles. The summed E-state index contributed by atoms with van der Waals surface area (Å²) in [7, 11) is 0. The number of benzene rings is 2. The molecule has 0 amide bonds. The summed E-state index contributed by atoms with van der Waals surface area (Å²) >= 11 is 0. The summed E-state index contributed by atoms with van der Waals surface area (Å²) in [6, 6.07) is 16.6. The van der Waals surface area contributed by atoms with E-state index in [-0.39, 0.29) is 11.5 Å². The van der Waals surface area contributed by atoms with Crippen molar-refractivity contribution in [1.29, 1.82) is 0 Å². The van der Waals surface area contributed by atoms with Crippen molar-refractivity contribution in [3.05, 3.63) is 65.2 Å². The molecule has 2 rings (SSSR count). The number of ether oxygens (including phenoxy) is 1. The fraction of sp³-hybridized carbons (Fsp3) is 0.429. The Labute approximate surface area is 140 Å². The highest BCUT2D eigenvalue weighted by Crippen LogP contribution is 2.23. The van der Waals surface area contributed by atoms with E-state index in [4.69, 9.17) is 4.74 Å². The molecule has 23 heavy (non-hydrogen) atoms. The summed E-state index contributed by atoms with van der Waals surface area (Å²) < 4.78 is 5.82. The van der Waals surface area contributed by atoms with Gasteiger partial charge in [0.15, 0.2) is 0 Å². The zero-order valence-electron chi connectivity index (χ0n) is 14.7. The van der Waals surface area contributed by atoms with Crippen LogP contribution in [0.2, 0.25) is 0 Å². The Hall–Kier alpha value is -1.80. The van der Waals surface area contributed by atoms with Gasteiger partial charge in [0.25, 0.3) is 0 Å². The summed E-state index contributed by atoms with van der Waals surface area (Å²) in [5.41, 5.74) is 3.61. The number of aliphatic hydroxyl groups is 1. The van der Waals surface area contributed by atoms with Gasteiger partial charge in [0.05, 0.1) is 6.10 Å². The summed E-state index contributed by atoms with van der Waals surface area (Å²) in [4.78, 5) is 0. The highest BCUT2D eigenvalue weighted by atomic mass is 16.5. The third kappa shape index (κ3) is 5.72. The third-order valence-electron chi connectivity index (χ3n) is 4.16. The van der Waals surface area contributed by atoms with Crippen LogP contribution in [-0.2, 0) is 13.0 Å². The van der Waals surface area contributed by atoms with Crippen LogP contribution in [0.1, 0.15) is 43.9 Å². The molecule has 0 fully saturated rings. The molecule has 0 bridgehead atoms. The molecule has 0 saturated heterocycles. The lowest BCUT2D eigenvalue weighted by molar-refractivity contribution is 0.0560. The van der Waals surface area contributed by atoms with Crippen LogP contribution in [0.4, 0.5) is 0 Å². The molecule has 2 heteroatoms. The number of rotatable bonds is 6. The molecule has 0 radical (unpaired) electrons. The van der Waals surface area contributed by atoms with E-state index >= 15 is 0 Å². The molecule has 2 aromatic rings. The highest BCUT2D eigenvalue weighted by molar-refractivity contribution is 5.28. The quantitative estimate of drug-likeness (QED) is 0.821. The fourth-order valence-corrected chi connectivity index (χ4v) is 2.34. The van der Waals surface area contributed by atoms with Crippen LogP contribution < -0.4 is 4.74 Å². The minimum Gasteiger partial charge on any atom is -0.489 e. The number of hydrogen-bond acceptors (Lipinski definition) is 2. The maximum Gasteiger partial charge on any atom is 0.119 e. The summed E-state index contributed by atoms with van der Waals surface area (Å²) in [5, 5.41) is 10.1. The van der Waals surface area contributed by atoms with Gasteiger partial charge >= 0.3 is 0 Å². The maximum atomic E-state index is 10.1. The smallest absolute Gasteiger partial charge is 0.119 e. The molecule has 0 aliphatic rings. The topological polar surface area (TPSA) is 29.5 Å². The van der Waals surface area contributed by atoms with E-state index in [0.717, 1.165) is 18.6 Å². The standard InChI is InChI=1S/C21H28O2/c1-16-5-7-18(8-6-16)15-23-19-12-9-17(10-13-19)11-14-20(22)21(2,3)4/h5-10,12-13,20,22H,11,14-15H2,1-4H3. The minimum absolute atomic E-state index is 0.0584. The molecule has 1 N–H and O–H groups in total. The predicted molar refractivity (Wildman–Crippen MR) is 95.7 cm³/mol. The lowest BCUT2D eigenvalue weighted by atomic mass is 9.86. The van der Waals surface area contributed by atoms with E-state index in [0.29, 0.717) is 6.61 Å². The van der Waals surface area contributed by atoms with E-state index < -0.39 is 0 Å². The van der Waals surface area contributed by atoms with Gasteiger partial charge in [-0.05, 0) is 48.4 Å². The Morgan fingerprint density at radius 3 is 2.04 bits per heavy atom. The second-order valence-electron chi connectivity index (χ2n) is 7.34. The molecule has 0 aromatic heterocycles. The van der Waals surface area contributed by atoms with Crippen molar-refractivity contribution in [2.75, 3.05) is 0 Å². The number of aliphatic hydroxyl groups excluding tert-OH is 1. The van der Waals surface area contributed by atoms with E-state index in [1.807, 2.05) is 12.1 Å². The van der Waals surface area contributed by atoms with Gasteiger partial charge < -0.3 is 9.84 Å². The Morgan fingerprint density at radius 2 is 1.48 bits per heavy atom. The lowest BCUT2D eigenvalue weighted by Gasteiger charge is -2.25. The van der Waals surface area contributed by atoms with Gasteiger partial charge in [-0.25, -0.2) is 0 Å². The molecule has 1 atom stereocenters.